The van der Waals surface area contributed by atoms with Gasteiger partial charge in [-0.3, -0.25) is 0 Å². The normalized spacial score (nSPS) is 14.4. The van der Waals surface area contributed by atoms with Crippen molar-refractivity contribution in [1.29, 1.82) is 0 Å². The van der Waals surface area contributed by atoms with Crippen molar-refractivity contribution in [2.24, 2.45) is 0 Å². The predicted octanol–water partition coefficient (Wildman–Crippen LogP) is 2.61. The highest BCUT2D eigenvalue weighted by molar-refractivity contribution is 5.47. The van der Waals surface area contributed by atoms with Crippen LogP contribution in [0.1, 0.15) is 36.8 Å². The number of alkyl halides is 2. The average molecular weight is 285 g/mol. The number of hydrogen-bond acceptors (Lipinski definition) is 4. The van der Waals surface area contributed by atoms with Crippen LogP contribution in [0.2, 0.25) is 0 Å². The fourth-order valence-corrected chi connectivity index (χ4v) is 2.41. The Bertz CT molecular complexity index is 441. The molecular weight excluding hydrogens is 264 g/mol. The Balaban J connectivity index is 2.03. The third kappa shape index (κ3) is 4.10. The number of nitrogens with zero attached hydrogens (tertiary/aromatic N) is 2. The van der Waals surface area contributed by atoms with E-state index in [1.54, 1.807) is 0 Å². The van der Waals surface area contributed by atoms with Crippen LogP contribution >= 0.6 is 0 Å². The molecule has 112 valence electrons. The minimum Gasteiger partial charge on any atom is -0.375 e. The number of rotatable bonds is 7. The van der Waals surface area contributed by atoms with Crippen molar-refractivity contribution in [2.45, 2.75) is 45.5 Å². The first-order valence-corrected chi connectivity index (χ1v) is 7.19. The molecule has 20 heavy (non-hydrogen) atoms. The Morgan fingerprint density at radius 1 is 1.25 bits per heavy atom. The minimum absolute atomic E-state index is 0.231. The molecule has 0 aliphatic heterocycles. The van der Waals surface area contributed by atoms with Crippen molar-refractivity contribution in [3.8, 4) is 0 Å². The molecule has 0 aromatic carbocycles. The van der Waals surface area contributed by atoms with Crippen molar-refractivity contribution in [2.75, 3.05) is 25.1 Å². The van der Waals surface area contributed by atoms with Crippen LogP contribution in [0.5, 0.6) is 0 Å². The van der Waals surface area contributed by atoms with Gasteiger partial charge in [0, 0.05) is 24.2 Å². The topological polar surface area (TPSA) is 47.0 Å². The number of hydrogen-bond donors (Lipinski definition) is 1. The van der Waals surface area contributed by atoms with E-state index in [1.807, 2.05) is 6.92 Å². The Kier molecular flexibility index (Phi) is 5.64. The zero-order valence-electron chi connectivity index (χ0n) is 11.8. The number of ether oxygens (including phenoxy) is 1. The van der Waals surface area contributed by atoms with Gasteiger partial charge in [-0.15, -0.1) is 0 Å². The summed E-state index contributed by atoms with van der Waals surface area (Å²) >= 11 is 0. The first kappa shape index (κ1) is 15.1. The molecule has 1 heterocycles. The maximum Gasteiger partial charge on any atom is 0.261 e. The van der Waals surface area contributed by atoms with Gasteiger partial charge in [0.15, 0.2) is 0 Å². The maximum absolute atomic E-state index is 12.0. The minimum atomic E-state index is -2.42. The van der Waals surface area contributed by atoms with Gasteiger partial charge in [0.05, 0.1) is 6.61 Å². The second kappa shape index (κ2) is 7.47. The van der Waals surface area contributed by atoms with E-state index in [-0.39, 0.29) is 6.61 Å². The fraction of sp³-hybridized carbons (Fsp3) is 0.714. The van der Waals surface area contributed by atoms with Crippen LogP contribution in [-0.2, 0) is 24.0 Å². The smallest absolute Gasteiger partial charge is 0.261 e. The average Bonchev–Trinajstić information content (AvgIpc) is 2.44. The lowest BCUT2D eigenvalue weighted by atomic mass is 9.96. The maximum atomic E-state index is 12.0. The molecule has 0 saturated carbocycles. The van der Waals surface area contributed by atoms with E-state index in [4.69, 9.17) is 4.74 Å². The lowest BCUT2D eigenvalue weighted by Gasteiger charge is -2.19. The molecule has 0 fully saturated rings. The quantitative estimate of drug-likeness (QED) is 0.782. The Morgan fingerprint density at radius 2 is 2.05 bits per heavy atom. The van der Waals surface area contributed by atoms with Gasteiger partial charge < -0.3 is 10.1 Å². The zero-order chi connectivity index (χ0) is 14.4. The fourth-order valence-electron chi connectivity index (χ4n) is 2.41. The summed E-state index contributed by atoms with van der Waals surface area (Å²) in [4.78, 5) is 9.06. The van der Waals surface area contributed by atoms with Gasteiger partial charge in [-0.1, -0.05) is 0 Å². The molecule has 0 amide bonds. The number of nitrogens with one attached hydrogen (secondary N) is 1. The van der Waals surface area contributed by atoms with E-state index in [9.17, 15) is 8.78 Å². The van der Waals surface area contributed by atoms with Gasteiger partial charge in [-0.05, 0) is 32.6 Å². The van der Waals surface area contributed by atoms with Crippen molar-refractivity contribution in [3.63, 3.8) is 0 Å². The number of aryl methyl sites for hydroxylation is 1. The summed E-state index contributed by atoms with van der Waals surface area (Å²) in [6.07, 6.45) is 2.36. The molecule has 1 aromatic heterocycles. The van der Waals surface area contributed by atoms with Gasteiger partial charge in [0.1, 0.15) is 18.2 Å². The van der Waals surface area contributed by atoms with Crippen LogP contribution in [0.25, 0.3) is 0 Å². The van der Waals surface area contributed by atoms with E-state index in [0.29, 0.717) is 12.2 Å². The second-order valence-electron chi connectivity index (χ2n) is 4.87. The molecule has 0 spiro atoms. The summed E-state index contributed by atoms with van der Waals surface area (Å²) in [7, 11) is 0. The van der Waals surface area contributed by atoms with Gasteiger partial charge in [0.2, 0.25) is 0 Å². The van der Waals surface area contributed by atoms with Crippen LogP contribution < -0.4 is 5.32 Å². The van der Waals surface area contributed by atoms with Crippen molar-refractivity contribution in [3.05, 3.63) is 17.1 Å². The Morgan fingerprint density at radius 3 is 2.80 bits per heavy atom. The van der Waals surface area contributed by atoms with Gasteiger partial charge >= 0.3 is 0 Å². The molecule has 1 N–H and O–H groups in total. The summed E-state index contributed by atoms with van der Waals surface area (Å²) in [5, 5.41) is 3.27. The summed E-state index contributed by atoms with van der Waals surface area (Å²) in [5.41, 5.74) is 2.32. The lowest BCUT2D eigenvalue weighted by molar-refractivity contribution is 0.0182. The highest BCUT2D eigenvalue weighted by Gasteiger charge is 2.17. The van der Waals surface area contributed by atoms with Crippen molar-refractivity contribution < 1.29 is 13.5 Å². The molecule has 0 bridgehead atoms. The summed E-state index contributed by atoms with van der Waals surface area (Å²) in [5.74, 6) is 1.58. The van der Waals surface area contributed by atoms with Gasteiger partial charge in [0.25, 0.3) is 6.43 Å². The van der Waals surface area contributed by atoms with Crippen molar-refractivity contribution >= 4 is 5.82 Å². The first-order valence-electron chi connectivity index (χ1n) is 7.19. The number of fused-ring (bicyclic) bond motifs is 1. The van der Waals surface area contributed by atoms with Gasteiger partial charge in [-0.25, -0.2) is 18.7 Å². The van der Waals surface area contributed by atoms with Crippen LogP contribution in [0.4, 0.5) is 14.6 Å². The molecule has 1 aliphatic carbocycles. The second-order valence-corrected chi connectivity index (χ2v) is 4.87. The number of anilines is 1. The Hall–Kier alpha value is -1.30. The summed E-state index contributed by atoms with van der Waals surface area (Å²) in [6.45, 7) is 2.55. The number of halogens is 2. The highest BCUT2D eigenvalue weighted by atomic mass is 19.3. The molecule has 2 rings (SSSR count). The molecule has 0 atom stereocenters. The summed E-state index contributed by atoms with van der Waals surface area (Å²) in [6, 6.07) is 0. The van der Waals surface area contributed by atoms with Crippen LogP contribution in [-0.4, -0.2) is 36.2 Å². The molecule has 1 aromatic rings. The molecule has 6 heteroatoms. The zero-order valence-corrected chi connectivity index (χ0v) is 11.8. The molecule has 0 saturated heterocycles. The molecule has 0 unspecified atom stereocenters. The van der Waals surface area contributed by atoms with E-state index >= 15 is 0 Å². The lowest BCUT2D eigenvalue weighted by Crippen LogP contribution is -2.16. The van der Waals surface area contributed by atoms with Crippen molar-refractivity contribution in [1.82, 2.24) is 9.97 Å². The third-order valence-electron chi connectivity index (χ3n) is 3.29. The van der Waals surface area contributed by atoms with Crippen LogP contribution in [0.3, 0.4) is 0 Å². The number of aromatic nitrogens is 2. The Labute approximate surface area is 118 Å². The van der Waals surface area contributed by atoms with E-state index in [1.165, 1.54) is 12.0 Å². The van der Waals surface area contributed by atoms with E-state index in [2.05, 4.69) is 15.3 Å². The van der Waals surface area contributed by atoms with Crippen LogP contribution in [0, 0.1) is 0 Å². The molecular formula is C14H21F2N3O. The SMILES string of the molecule is CCNc1nc(CCOCC(F)F)nc2c1CCCC2. The van der Waals surface area contributed by atoms with Crippen LogP contribution in [0.15, 0.2) is 0 Å². The molecule has 1 aliphatic rings. The summed E-state index contributed by atoms with van der Waals surface area (Å²) < 4.78 is 28.9. The molecule has 4 nitrogen and oxygen atoms in total. The van der Waals surface area contributed by atoms with E-state index < -0.39 is 13.0 Å². The van der Waals surface area contributed by atoms with Gasteiger partial charge in [-0.2, -0.15) is 0 Å². The predicted molar refractivity (Wildman–Crippen MR) is 73.4 cm³/mol. The monoisotopic (exact) mass is 285 g/mol. The largest absolute Gasteiger partial charge is 0.375 e. The standard InChI is InChI=1S/C14H21F2N3O/c1-2-17-14-10-5-3-4-6-11(10)18-13(19-14)7-8-20-9-12(15)16/h12H,2-9H2,1H3,(H,17,18,19). The third-order valence-corrected chi connectivity index (χ3v) is 3.29. The highest BCUT2D eigenvalue weighted by Crippen LogP contribution is 2.25. The van der Waals surface area contributed by atoms with E-state index in [0.717, 1.165) is 37.3 Å². The molecule has 0 radical (unpaired) electrons. The first-order chi connectivity index (χ1) is 9.70.